The highest BCUT2D eigenvalue weighted by molar-refractivity contribution is 7.91. The summed E-state index contributed by atoms with van der Waals surface area (Å²) in [5.74, 6) is -1.22. The van der Waals surface area contributed by atoms with E-state index in [4.69, 9.17) is 17.3 Å². The standard InChI is InChI=1S/C11H16ClFN2O4S2/c1-15(3-4-20(2,16)17)21(18,19)9-5-8(7-14)11(12)10(13)6-9/h5-6H,3-4,7,14H2,1-2H3. The number of hydrogen-bond donors (Lipinski definition) is 1. The molecule has 0 aliphatic heterocycles. The zero-order chi connectivity index (χ0) is 16.4. The minimum Gasteiger partial charge on any atom is -0.326 e. The van der Waals surface area contributed by atoms with E-state index in [1.54, 1.807) is 0 Å². The second-order valence-electron chi connectivity index (χ2n) is 4.54. The Morgan fingerprint density at radius 1 is 1.29 bits per heavy atom. The van der Waals surface area contributed by atoms with Gasteiger partial charge in [0.15, 0.2) is 0 Å². The SMILES string of the molecule is CN(CCS(C)(=O)=O)S(=O)(=O)c1cc(F)c(Cl)c(CN)c1. The summed E-state index contributed by atoms with van der Waals surface area (Å²) in [4.78, 5) is -0.319. The monoisotopic (exact) mass is 358 g/mol. The number of benzene rings is 1. The van der Waals surface area contributed by atoms with Gasteiger partial charge < -0.3 is 5.73 Å². The molecule has 0 radical (unpaired) electrons. The lowest BCUT2D eigenvalue weighted by Gasteiger charge is -2.17. The van der Waals surface area contributed by atoms with Gasteiger partial charge in [-0.25, -0.2) is 21.2 Å². The molecule has 1 rings (SSSR count). The van der Waals surface area contributed by atoms with Gasteiger partial charge >= 0.3 is 0 Å². The first-order valence-corrected chi connectivity index (χ1v) is 9.69. The molecular weight excluding hydrogens is 343 g/mol. The van der Waals surface area contributed by atoms with Crippen LogP contribution >= 0.6 is 11.6 Å². The molecule has 0 aliphatic rings. The summed E-state index contributed by atoms with van der Waals surface area (Å²) in [7, 11) is -6.11. The van der Waals surface area contributed by atoms with Crippen molar-refractivity contribution in [1.82, 2.24) is 4.31 Å². The van der Waals surface area contributed by atoms with Crippen LogP contribution in [-0.2, 0) is 26.4 Å². The smallest absolute Gasteiger partial charge is 0.242 e. The van der Waals surface area contributed by atoms with Gasteiger partial charge in [0.25, 0.3) is 0 Å². The largest absolute Gasteiger partial charge is 0.326 e. The lowest BCUT2D eigenvalue weighted by molar-refractivity contribution is 0.483. The molecule has 0 unspecified atom stereocenters. The predicted molar refractivity (Wildman–Crippen MR) is 78.8 cm³/mol. The number of sulfonamides is 1. The molecule has 0 saturated heterocycles. The molecule has 21 heavy (non-hydrogen) atoms. The van der Waals surface area contributed by atoms with Gasteiger partial charge in [0.1, 0.15) is 15.7 Å². The van der Waals surface area contributed by atoms with Crippen molar-refractivity contribution in [2.24, 2.45) is 5.73 Å². The molecule has 120 valence electrons. The summed E-state index contributed by atoms with van der Waals surface area (Å²) in [6, 6.07) is 1.96. The van der Waals surface area contributed by atoms with Crippen LogP contribution in [0.5, 0.6) is 0 Å². The molecule has 0 bridgehead atoms. The Morgan fingerprint density at radius 3 is 2.33 bits per heavy atom. The van der Waals surface area contributed by atoms with Gasteiger partial charge in [0.05, 0.1) is 15.7 Å². The fourth-order valence-corrected chi connectivity index (χ4v) is 3.65. The van der Waals surface area contributed by atoms with E-state index in [1.807, 2.05) is 0 Å². The summed E-state index contributed by atoms with van der Waals surface area (Å²) in [6.07, 6.45) is 1.00. The van der Waals surface area contributed by atoms with E-state index in [0.29, 0.717) is 0 Å². The van der Waals surface area contributed by atoms with Crippen LogP contribution in [0.1, 0.15) is 5.56 Å². The van der Waals surface area contributed by atoms with E-state index in [-0.39, 0.29) is 34.3 Å². The molecule has 10 heteroatoms. The maximum Gasteiger partial charge on any atom is 0.242 e. The first-order chi connectivity index (χ1) is 9.49. The second kappa shape index (κ2) is 6.57. The molecule has 0 amide bonds. The van der Waals surface area contributed by atoms with Crippen molar-refractivity contribution in [3.63, 3.8) is 0 Å². The quantitative estimate of drug-likeness (QED) is 0.803. The topological polar surface area (TPSA) is 97.5 Å². The van der Waals surface area contributed by atoms with E-state index in [0.717, 1.165) is 16.6 Å². The van der Waals surface area contributed by atoms with Gasteiger partial charge in [-0.05, 0) is 17.7 Å². The molecule has 0 aromatic heterocycles. The van der Waals surface area contributed by atoms with Crippen LogP contribution in [-0.4, -0.2) is 46.7 Å². The lowest BCUT2D eigenvalue weighted by atomic mass is 10.2. The van der Waals surface area contributed by atoms with E-state index >= 15 is 0 Å². The van der Waals surface area contributed by atoms with Crippen molar-refractivity contribution in [2.45, 2.75) is 11.4 Å². The van der Waals surface area contributed by atoms with E-state index in [2.05, 4.69) is 0 Å². The molecular formula is C11H16ClFN2O4S2. The maximum absolute atomic E-state index is 13.6. The van der Waals surface area contributed by atoms with Crippen LogP contribution in [0.4, 0.5) is 4.39 Å². The van der Waals surface area contributed by atoms with E-state index in [9.17, 15) is 21.2 Å². The first kappa shape index (κ1) is 18.3. The number of nitrogens with two attached hydrogens (primary N) is 1. The highest BCUT2D eigenvalue weighted by Crippen LogP contribution is 2.25. The van der Waals surface area contributed by atoms with Crippen LogP contribution in [0.3, 0.4) is 0 Å². The predicted octanol–water partition coefficient (Wildman–Crippen LogP) is 0.603. The highest BCUT2D eigenvalue weighted by atomic mass is 35.5. The Hall–Kier alpha value is -0.740. The van der Waals surface area contributed by atoms with Crippen LogP contribution < -0.4 is 5.73 Å². The van der Waals surface area contributed by atoms with Gasteiger partial charge in [-0.1, -0.05) is 11.6 Å². The zero-order valence-corrected chi connectivity index (χ0v) is 13.9. The number of halogens is 2. The van der Waals surface area contributed by atoms with Gasteiger partial charge in [0.2, 0.25) is 10.0 Å². The molecule has 0 saturated carbocycles. The van der Waals surface area contributed by atoms with Gasteiger partial charge in [-0.15, -0.1) is 0 Å². The third kappa shape index (κ3) is 4.62. The molecule has 0 fully saturated rings. The molecule has 0 heterocycles. The van der Waals surface area contributed by atoms with Crippen molar-refractivity contribution < 1.29 is 21.2 Å². The Labute approximate surface area is 128 Å². The highest BCUT2D eigenvalue weighted by Gasteiger charge is 2.24. The molecule has 6 nitrogen and oxygen atoms in total. The second-order valence-corrected chi connectivity index (χ2v) is 9.22. The lowest BCUT2D eigenvalue weighted by Crippen LogP contribution is -2.31. The first-order valence-electron chi connectivity index (χ1n) is 5.81. The summed E-state index contributed by atoms with van der Waals surface area (Å²) >= 11 is 5.67. The van der Waals surface area contributed by atoms with Gasteiger partial charge in [-0.3, -0.25) is 0 Å². The van der Waals surface area contributed by atoms with Crippen molar-refractivity contribution in [1.29, 1.82) is 0 Å². The van der Waals surface area contributed by atoms with Crippen LogP contribution in [0, 0.1) is 5.82 Å². The number of rotatable bonds is 6. The molecule has 0 aliphatic carbocycles. The molecule has 2 N–H and O–H groups in total. The summed E-state index contributed by atoms with van der Waals surface area (Å²) in [5, 5.41) is -0.227. The van der Waals surface area contributed by atoms with Crippen LogP contribution in [0.2, 0.25) is 5.02 Å². The normalized spacial score (nSPS) is 12.9. The minimum absolute atomic E-state index is 0.119. The number of sulfone groups is 1. The van der Waals surface area contributed by atoms with Crippen LogP contribution in [0.25, 0.3) is 0 Å². The Balaban J connectivity index is 3.16. The Bertz CT molecular complexity index is 735. The average molecular weight is 359 g/mol. The van der Waals surface area contributed by atoms with Gasteiger partial charge in [0, 0.05) is 26.4 Å². The van der Waals surface area contributed by atoms with Crippen molar-refractivity contribution in [2.75, 3.05) is 25.6 Å². The molecule has 0 spiro atoms. The van der Waals surface area contributed by atoms with Crippen molar-refractivity contribution in [3.8, 4) is 0 Å². The van der Waals surface area contributed by atoms with Gasteiger partial charge in [-0.2, -0.15) is 4.31 Å². The Kier molecular flexibility index (Phi) is 5.73. The summed E-state index contributed by atoms with van der Waals surface area (Å²) in [6.45, 7) is -0.352. The minimum atomic E-state index is -4.02. The maximum atomic E-state index is 13.6. The van der Waals surface area contributed by atoms with Crippen LogP contribution in [0.15, 0.2) is 17.0 Å². The summed E-state index contributed by atoms with van der Waals surface area (Å²) in [5.41, 5.74) is 5.54. The molecule has 1 aromatic carbocycles. The Morgan fingerprint density at radius 2 is 1.86 bits per heavy atom. The van der Waals surface area contributed by atoms with Crippen molar-refractivity contribution in [3.05, 3.63) is 28.5 Å². The number of hydrogen-bond acceptors (Lipinski definition) is 5. The average Bonchev–Trinajstić information content (AvgIpc) is 2.37. The fourth-order valence-electron chi connectivity index (χ4n) is 1.51. The number of nitrogens with zero attached hydrogens (tertiary/aromatic N) is 1. The van der Waals surface area contributed by atoms with Crippen molar-refractivity contribution >= 4 is 31.5 Å². The third-order valence-corrected chi connectivity index (χ3v) is 5.96. The van der Waals surface area contributed by atoms with E-state index in [1.165, 1.54) is 13.1 Å². The molecule has 1 aromatic rings. The molecule has 0 atom stereocenters. The third-order valence-electron chi connectivity index (χ3n) is 2.78. The summed E-state index contributed by atoms with van der Waals surface area (Å²) < 4.78 is 61.2. The fraction of sp³-hybridized carbons (Fsp3) is 0.455. The van der Waals surface area contributed by atoms with E-state index < -0.39 is 25.7 Å². The zero-order valence-electron chi connectivity index (χ0n) is 11.5.